The molecule has 0 spiro atoms. The SMILES string of the molecule is Cc1ccc(-c2csc3ncn(CC(=O)NC(C)c4ccc5c(c4)OCCO5)c(=O)c23)s1. The van der Waals surface area contributed by atoms with E-state index in [1.54, 1.807) is 11.3 Å². The Morgan fingerprint density at radius 2 is 2.03 bits per heavy atom. The molecule has 1 aromatic carbocycles. The number of amides is 1. The Morgan fingerprint density at radius 1 is 1.22 bits per heavy atom. The van der Waals surface area contributed by atoms with Crippen LogP contribution in [0.1, 0.15) is 23.4 Å². The van der Waals surface area contributed by atoms with Crippen LogP contribution in [0.2, 0.25) is 0 Å². The van der Waals surface area contributed by atoms with Crippen LogP contribution in [0, 0.1) is 6.92 Å². The van der Waals surface area contributed by atoms with E-state index in [-0.39, 0.29) is 24.1 Å². The van der Waals surface area contributed by atoms with Gasteiger partial charge in [-0.15, -0.1) is 22.7 Å². The van der Waals surface area contributed by atoms with E-state index in [2.05, 4.69) is 10.3 Å². The second-order valence-corrected chi connectivity index (χ2v) is 9.76. The van der Waals surface area contributed by atoms with Crippen molar-refractivity contribution >= 4 is 38.8 Å². The van der Waals surface area contributed by atoms with E-state index in [1.807, 2.05) is 49.6 Å². The van der Waals surface area contributed by atoms with Crippen LogP contribution >= 0.6 is 22.7 Å². The fraction of sp³-hybridized carbons (Fsp3) is 0.261. The lowest BCUT2D eigenvalue weighted by molar-refractivity contribution is -0.122. The van der Waals surface area contributed by atoms with E-state index >= 15 is 0 Å². The van der Waals surface area contributed by atoms with Crippen LogP contribution in [0.3, 0.4) is 0 Å². The Hall–Kier alpha value is -3.17. The van der Waals surface area contributed by atoms with Crippen LogP contribution in [-0.4, -0.2) is 28.7 Å². The summed E-state index contributed by atoms with van der Waals surface area (Å²) in [6.07, 6.45) is 1.44. The summed E-state index contributed by atoms with van der Waals surface area (Å²) < 4.78 is 12.5. The van der Waals surface area contributed by atoms with Gasteiger partial charge in [-0.25, -0.2) is 4.98 Å². The van der Waals surface area contributed by atoms with Crippen molar-refractivity contribution in [3.63, 3.8) is 0 Å². The highest BCUT2D eigenvalue weighted by Gasteiger charge is 2.18. The standard InChI is InChI=1S/C23H21N3O4S2/c1-13-3-6-19(32-13)16-11-31-22-21(16)23(28)26(12-24-22)10-20(27)25-14(2)15-4-5-17-18(9-15)30-8-7-29-17/h3-6,9,11-12,14H,7-8,10H2,1-2H3,(H,25,27). The summed E-state index contributed by atoms with van der Waals surface area (Å²) in [7, 11) is 0. The number of nitrogens with zero attached hydrogens (tertiary/aromatic N) is 2. The zero-order chi connectivity index (χ0) is 22.2. The molecule has 32 heavy (non-hydrogen) atoms. The van der Waals surface area contributed by atoms with Crippen molar-refractivity contribution in [3.8, 4) is 21.9 Å². The maximum atomic E-state index is 13.2. The quantitative estimate of drug-likeness (QED) is 0.477. The number of benzene rings is 1. The van der Waals surface area contributed by atoms with Gasteiger partial charge in [-0.05, 0) is 43.7 Å². The fourth-order valence-corrected chi connectivity index (χ4v) is 5.56. The maximum absolute atomic E-state index is 13.2. The minimum absolute atomic E-state index is 0.102. The highest BCUT2D eigenvalue weighted by Crippen LogP contribution is 2.35. The van der Waals surface area contributed by atoms with E-state index in [1.165, 1.54) is 27.1 Å². The molecule has 0 saturated carbocycles. The van der Waals surface area contributed by atoms with Crippen LogP contribution < -0.4 is 20.3 Å². The highest BCUT2D eigenvalue weighted by molar-refractivity contribution is 7.19. The molecule has 1 atom stereocenters. The third kappa shape index (κ3) is 3.89. The molecule has 3 aromatic heterocycles. The van der Waals surface area contributed by atoms with Crippen molar-refractivity contribution in [1.82, 2.24) is 14.9 Å². The van der Waals surface area contributed by atoms with Crippen molar-refractivity contribution in [2.75, 3.05) is 13.2 Å². The number of aromatic nitrogens is 2. The number of rotatable bonds is 5. The molecule has 1 aliphatic rings. The lowest BCUT2D eigenvalue weighted by atomic mass is 10.1. The molecule has 164 valence electrons. The minimum atomic E-state index is -0.264. The third-order valence-electron chi connectivity index (χ3n) is 5.32. The largest absolute Gasteiger partial charge is 0.486 e. The number of fused-ring (bicyclic) bond motifs is 2. The predicted octanol–water partition coefficient (Wildman–Crippen LogP) is 4.14. The summed E-state index contributed by atoms with van der Waals surface area (Å²) in [6, 6.07) is 9.42. The molecule has 4 aromatic rings. The number of carbonyl (C=O) groups is 1. The van der Waals surface area contributed by atoms with Crippen molar-refractivity contribution in [2.24, 2.45) is 0 Å². The minimum Gasteiger partial charge on any atom is -0.486 e. The zero-order valence-electron chi connectivity index (χ0n) is 17.6. The second-order valence-electron chi connectivity index (χ2n) is 7.61. The molecule has 1 unspecified atom stereocenters. The van der Waals surface area contributed by atoms with Crippen molar-refractivity contribution in [2.45, 2.75) is 26.4 Å². The molecular formula is C23H21N3O4S2. The van der Waals surface area contributed by atoms with Crippen molar-refractivity contribution in [3.05, 3.63) is 62.8 Å². The molecule has 5 rings (SSSR count). The molecular weight excluding hydrogens is 446 g/mol. The topological polar surface area (TPSA) is 82.5 Å². The van der Waals surface area contributed by atoms with Gasteiger partial charge in [-0.2, -0.15) is 0 Å². The smallest absolute Gasteiger partial charge is 0.263 e. The van der Waals surface area contributed by atoms with Gasteiger partial charge < -0.3 is 14.8 Å². The van der Waals surface area contributed by atoms with Crippen LogP contribution in [-0.2, 0) is 11.3 Å². The maximum Gasteiger partial charge on any atom is 0.263 e. The molecule has 0 radical (unpaired) electrons. The van der Waals surface area contributed by atoms with Gasteiger partial charge in [0.2, 0.25) is 5.91 Å². The summed E-state index contributed by atoms with van der Waals surface area (Å²) in [6.45, 7) is 4.86. The Kier molecular flexibility index (Phi) is 5.44. The Labute approximate surface area is 192 Å². The molecule has 0 fully saturated rings. The molecule has 7 nitrogen and oxygen atoms in total. The molecule has 1 aliphatic heterocycles. The van der Waals surface area contributed by atoms with E-state index < -0.39 is 0 Å². The van der Waals surface area contributed by atoms with Crippen LogP contribution in [0.25, 0.3) is 20.7 Å². The van der Waals surface area contributed by atoms with Crippen LogP contribution in [0.15, 0.2) is 46.8 Å². The van der Waals surface area contributed by atoms with Crippen LogP contribution in [0.5, 0.6) is 11.5 Å². The summed E-state index contributed by atoms with van der Waals surface area (Å²) in [5, 5.41) is 5.47. The number of hydrogen-bond donors (Lipinski definition) is 1. The molecule has 0 aliphatic carbocycles. The van der Waals surface area contributed by atoms with E-state index in [9.17, 15) is 9.59 Å². The zero-order valence-corrected chi connectivity index (χ0v) is 19.2. The number of aryl methyl sites for hydroxylation is 1. The average molecular weight is 468 g/mol. The summed E-state index contributed by atoms with van der Waals surface area (Å²) in [5.74, 6) is 1.12. The predicted molar refractivity (Wildman–Crippen MR) is 126 cm³/mol. The van der Waals surface area contributed by atoms with Gasteiger partial charge in [-0.3, -0.25) is 14.2 Å². The van der Waals surface area contributed by atoms with E-state index in [4.69, 9.17) is 9.47 Å². The average Bonchev–Trinajstić information content (AvgIpc) is 3.41. The van der Waals surface area contributed by atoms with Crippen LogP contribution in [0.4, 0.5) is 0 Å². The third-order valence-corrected chi connectivity index (χ3v) is 7.24. The molecule has 1 amide bonds. The van der Waals surface area contributed by atoms with Crippen molar-refractivity contribution in [1.29, 1.82) is 0 Å². The number of thiophene rings is 2. The van der Waals surface area contributed by atoms with Gasteiger partial charge in [0, 0.05) is 20.7 Å². The Balaban J connectivity index is 1.35. The first-order valence-corrected chi connectivity index (χ1v) is 11.9. The number of ether oxygens (including phenoxy) is 2. The summed E-state index contributed by atoms with van der Waals surface area (Å²) in [4.78, 5) is 33.2. The first-order valence-electron chi connectivity index (χ1n) is 10.2. The van der Waals surface area contributed by atoms with E-state index in [0.717, 1.165) is 16.0 Å². The number of carbonyl (C=O) groups excluding carboxylic acids is 1. The van der Waals surface area contributed by atoms with E-state index in [0.29, 0.717) is 34.9 Å². The van der Waals surface area contributed by atoms with Crippen molar-refractivity contribution < 1.29 is 14.3 Å². The lowest BCUT2D eigenvalue weighted by Gasteiger charge is -2.21. The first-order chi connectivity index (χ1) is 15.5. The molecule has 1 N–H and O–H groups in total. The molecule has 0 bridgehead atoms. The molecule has 4 heterocycles. The van der Waals surface area contributed by atoms with Gasteiger partial charge in [0.05, 0.1) is 17.8 Å². The Morgan fingerprint density at radius 3 is 2.81 bits per heavy atom. The highest BCUT2D eigenvalue weighted by atomic mass is 32.1. The molecule has 0 saturated heterocycles. The summed E-state index contributed by atoms with van der Waals surface area (Å²) >= 11 is 3.08. The number of hydrogen-bond acceptors (Lipinski definition) is 7. The van der Waals surface area contributed by atoms with Gasteiger partial charge in [0.1, 0.15) is 24.6 Å². The fourth-order valence-electron chi connectivity index (χ4n) is 3.70. The lowest BCUT2D eigenvalue weighted by Crippen LogP contribution is -2.34. The van der Waals surface area contributed by atoms with Gasteiger partial charge >= 0.3 is 0 Å². The van der Waals surface area contributed by atoms with Gasteiger partial charge in [0.25, 0.3) is 5.56 Å². The number of nitrogens with one attached hydrogen (secondary N) is 1. The first kappa shape index (κ1) is 20.7. The van der Waals surface area contributed by atoms with Gasteiger partial charge in [-0.1, -0.05) is 6.07 Å². The Bertz CT molecular complexity index is 1370. The second kappa shape index (κ2) is 8.40. The van der Waals surface area contributed by atoms with Gasteiger partial charge in [0.15, 0.2) is 11.5 Å². The monoisotopic (exact) mass is 467 g/mol. The normalized spacial score (nSPS) is 13.8. The molecule has 9 heteroatoms. The summed E-state index contributed by atoms with van der Waals surface area (Å²) in [5.41, 5.74) is 1.57.